The fourth-order valence-corrected chi connectivity index (χ4v) is 5.75. The zero-order valence-electron chi connectivity index (χ0n) is 18.0. The second kappa shape index (κ2) is 7.22. The van der Waals surface area contributed by atoms with Gasteiger partial charge in [0.05, 0.1) is 17.1 Å². The van der Waals surface area contributed by atoms with E-state index in [-0.39, 0.29) is 31.0 Å². The minimum absolute atomic E-state index is 0.0482. The lowest BCUT2D eigenvalue weighted by Crippen LogP contribution is -2.53. The molecule has 6 rings (SSSR count). The van der Waals surface area contributed by atoms with Gasteiger partial charge in [-0.05, 0) is 47.4 Å². The highest BCUT2D eigenvalue weighted by Crippen LogP contribution is 2.54. The number of ether oxygens (including phenoxy) is 4. The standard InChI is InChI=1S/C26H25NO5/c1-3-16-4-6-17(7-5-16)25(28)32-24-14-27-13-18-10-21-22(31-15-30-21)12-20(18)26(24)9-8-19(29-2)11-23(26)27/h3-10,12,19,23-24H,1,11,13-15H2,2H3/t19-,23+,24-,26+/m1/s1. The third-order valence-corrected chi connectivity index (χ3v) is 7.34. The number of carbonyl (C=O) groups excluding carboxylic acids is 1. The number of esters is 1. The van der Waals surface area contributed by atoms with E-state index in [1.54, 1.807) is 25.3 Å². The van der Waals surface area contributed by atoms with Crippen LogP contribution in [0.4, 0.5) is 0 Å². The van der Waals surface area contributed by atoms with Gasteiger partial charge in [-0.3, -0.25) is 4.90 Å². The molecule has 3 aliphatic heterocycles. The van der Waals surface area contributed by atoms with E-state index in [1.807, 2.05) is 12.1 Å². The Morgan fingerprint density at radius 2 is 2.00 bits per heavy atom. The van der Waals surface area contributed by atoms with Crippen LogP contribution in [0.25, 0.3) is 6.08 Å². The highest BCUT2D eigenvalue weighted by molar-refractivity contribution is 5.90. The summed E-state index contributed by atoms with van der Waals surface area (Å²) >= 11 is 0. The minimum Gasteiger partial charge on any atom is -0.456 e. The summed E-state index contributed by atoms with van der Waals surface area (Å²) in [5.74, 6) is 1.23. The number of hydrogen-bond acceptors (Lipinski definition) is 6. The summed E-state index contributed by atoms with van der Waals surface area (Å²) in [5.41, 5.74) is 3.42. The molecule has 2 bridgehead atoms. The van der Waals surface area contributed by atoms with Gasteiger partial charge in [0.2, 0.25) is 6.79 Å². The third kappa shape index (κ3) is 2.76. The summed E-state index contributed by atoms with van der Waals surface area (Å²) in [5, 5.41) is 0. The Bertz CT molecular complexity index is 1120. The lowest BCUT2D eigenvalue weighted by atomic mass is 9.65. The van der Waals surface area contributed by atoms with Gasteiger partial charge in [0, 0.05) is 26.2 Å². The predicted octanol–water partition coefficient (Wildman–Crippen LogP) is 3.69. The summed E-state index contributed by atoms with van der Waals surface area (Å²) in [4.78, 5) is 15.5. The van der Waals surface area contributed by atoms with E-state index in [1.165, 1.54) is 5.56 Å². The van der Waals surface area contributed by atoms with Crippen molar-refractivity contribution in [3.05, 3.63) is 77.4 Å². The highest BCUT2D eigenvalue weighted by Gasteiger charge is 2.60. The minimum atomic E-state index is -0.444. The molecule has 1 fully saturated rings. The molecule has 164 valence electrons. The maximum absolute atomic E-state index is 13.1. The molecule has 0 N–H and O–H groups in total. The molecule has 0 amide bonds. The van der Waals surface area contributed by atoms with E-state index in [4.69, 9.17) is 18.9 Å². The van der Waals surface area contributed by atoms with Crippen LogP contribution in [0.15, 0.2) is 55.1 Å². The predicted molar refractivity (Wildman–Crippen MR) is 119 cm³/mol. The van der Waals surface area contributed by atoms with Gasteiger partial charge in [0.15, 0.2) is 11.5 Å². The van der Waals surface area contributed by atoms with Crippen molar-refractivity contribution in [3.8, 4) is 11.5 Å². The zero-order valence-corrected chi connectivity index (χ0v) is 18.0. The lowest BCUT2D eigenvalue weighted by molar-refractivity contribution is 0.0187. The number of fused-ring (bicyclic) bond motifs is 2. The summed E-state index contributed by atoms with van der Waals surface area (Å²) in [6, 6.07) is 11.7. The third-order valence-electron chi connectivity index (χ3n) is 7.34. The Morgan fingerprint density at radius 3 is 2.75 bits per heavy atom. The molecular formula is C26H25NO5. The highest BCUT2D eigenvalue weighted by atomic mass is 16.7. The molecule has 32 heavy (non-hydrogen) atoms. The normalized spacial score (nSPS) is 31.0. The average Bonchev–Trinajstić information content (AvgIpc) is 3.37. The van der Waals surface area contributed by atoms with Crippen molar-refractivity contribution in [1.29, 1.82) is 0 Å². The lowest BCUT2D eigenvalue weighted by Gasteiger charge is -2.46. The largest absolute Gasteiger partial charge is 0.456 e. The van der Waals surface area contributed by atoms with Crippen molar-refractivity contribution in [3.63, 3.8) is 0 Å². The van der Waals surface area contributed by atoms with E-state index >= 15 is 0 Å². The summed E-state index contributed by atoms with van der Waals surface area (Å²) in [6.07, 6.45) is 6.66. The van der Waals surface area contributed by atoms with E-state index in [9.17, 15) is 4.79 Å². The van der Waals surface area contributed by atoms with Crippen LogP contribution >= 0.6 is 0 Å². The van der Waals surface area contributed by atoms with Crippen LogP contribution in [-0.4, -0.2) is 49.6 Å². The van der Waals surface area contributed by atoms with Gasteiger partial charge in [0.1, 0.15) is 6.10 Å². The molecule has 6 heteroatoms. The van der Waals surface area contributed by atoms with Gasteiger partial charge in [-0.25, -0.2) is 4.79 Å². The van der Waals surface area contributed by atoms with Crippen molar-refractivity contribution in [1.82, 2.24) is 4.90 Å². The number of benzene rings is 2. The van der Waals surface area contributed by atoms with Crippen molar-refractivity contribution < 1.29 is 23.7 Å². The molecule has 0 radical (unpaired) electrons. The number of methoxy groups -OCH3 is 1. The maximum Gasteiger partial charge on any atom is 0.338 e. The van der Waals surface area contributed by atoms with Gasteiger partial charge >= 0.3 is 5.97 Å². The zero-order chi connectivity index (χ0) is 21.9. The average molecular weight is 431 g/mol. The fourth-order valence-electron chi connectivity index (χ4n) is 5.75. The summed E-state index contributed by atoms with van der Waals surface area (Å²) in [6.45, 7) is 5.46. The Kier molecular flexibility index (Phi) is 4.42. The monoisotopic (exact) mass is 431 g/mol. The molecule has 5 atom stereocenters. The van der Waals surface area contributed by atoms with E-state index < -0.39 is 5.41 Å². The first kappa shape index (κ1) is 19.6. The first-order valence-corrected chi connectivity index (χ1v) is 10.9. The van der Waals surface area contributed by atoms with Crippen LogP contribution in [0, 0.1) is 0 Å². The molecule has 1 unspecified atom stereocenters. The molecule has 2 aromatic rings. The van der Waals surface area contributed by atoms with Crippen molar-refractivity contribution in [2.75, 3.05) is 20.4 Å². The van der Waals surface area contributed by atoms with Crippen LogP contribution in [-0.2, 0) is 21.4 Å². The Balaban J connectivity index is 1.41. The molecular weight excluding hydrogens is 406 g/mol. The van der Waals surface area contributed by atoms with Gasteiger partial charge in [-0.2, -0.15) is 0 Å². The SMILES string of the molecule is C=Cc1ccc(C(=O)O[C@@H]2CN3Cc4cc5c(cc4[C@]24C=C[C@@H](OC)C[C@H]34)OCO5)cc1. The van der Waals surface area contributed by atoms with E-state index in [2.05, 4.69) is 35.8 Å². The van der Waals surface area contributed by atoms with Gasteiger partial charge in [0.25, 0.3) is 0 Å². The quantitative estimate of drug-likeness (QED) is 0.544. The second-order valence-electron chi connectivity index (χ2n) is 8.83. The van der Waals surface area contributed by atoms with E-state index in [0.717, 1.165) is 35.6 Å². The molecule has 0 saturated carbocycles. The first-order valence-electron chi connectivity index (χ1n) is 10.9. The second-order valence-corrected chi connectivity index (χ2v) is 8.83. The summed E-state index contributed by atoms with van der Waals surface area (Å²) < 4.78 is 23.2. The molecule has 4 aliphatic rings. The molecule has 1 aliphatic carbocycles. The van der Waals surface area contributed by atoms with E-state index in [0.29, 0.717) is 12.1 Å². The fraction of sp³-hybridized carbons (Fsp3) is 0.346. The van der Waals surface area contributed by atoms with Crippen LogP contribution in [0.5, 0.6) is 11.5 Å². The number of carbonyl (C=O) groups is 1. The summed E-state index contributed by atoms with van der Waals surface area (Å²) in [7, 11) is 1.74. The van der Waals surface area contributed by atoms with Crippen molar-refractivity contribution in [2.45, 2.75) is 36.6 Å². The molecule has 0 aromatic heterocycles. The van der Waals surface area contributed by atoms with Crippen molar-refractivity contribution >= 4 is 12.0 Å². The smallest absolute Gasteiger partial charge is 0.338 e. The van der Waals surface area contributed by atoms with Gasteiger partial charge < -0.3 is 18.9 Å². The topological polar surface area (TPSA) is 57.2 Å². The van der Waals surface area contributed by atoms with Crippen LogP contribution in [0.2, 0.25) is 0 Å². The van der Waals surface area contributed by atoms with Crippen LogP contribution in [0.1, 0.15) is 33.5 Å². The maximum atomic E-state index is 13.1. The number of nitrogens with zero attached hydrogens (tertiary/aromatic N) is 1. The molecule has 3 heterocycles. The molecule has 0 spiro atoms. The first-order chi connectivity index (χ1) is 15.6. The Morgan fingerprint density at radius 1 is 1.22 bits per heavy atom. The Hall–Kier alpha value is -3.09. The van der Waals surface area contributed by atoms with Crippen LogP contribution < -0.4 is 9.47 Å². The van der Waals surface area contributed by atoms with Crippen molar-refractivity contribution in [2.24, 2.45) is 0 Å². The van der Waals surface area contributed by atoms with Gasteiger partial charge in [-0.15, -0.1) is 0 Å². The number of hydrogen-bond donors (Lipinski definition) is 0. The molecule has 2 aromatic carbocycles. The van der Waals surface area contributed by atoms with Gasteiger partial charge in [-0.1, -0.05) is 36.9 Å². The Labute approximate surface area is 187 Å². The molecule has 1 saturated heterocycles. The van der Waals surface area contributed by atoms with Crippen LogP contribution in [0.3, 0.4) is 0 Å². The molecule has 6 nitrogen and oxygen atoms in total. The number of rotatable bonds is 4.